The number of ketones is 1. The number of Topliss-reactive ketones (excluding diaryl/α,β-unsaturated/α-hetero) is 1. The Bertz CT molecular complexity index is 968. The van der Waals surface area contributed by atoms with Gasteiger partial charge in [-0.3, -0.25) is 8.98 Å². The van der Waals surface area contributed by atoms with Gasteiger partial charge in [-0.05, 0) is 98.5 Å². The molecule has 0 aromatic heterocycles. The second kappa shape index (κ2) is 7.41. The molecule has 0 aliphatic heterocycles. The van der Waals surface area contributed by atoms with Crippen LogP contribution in [0.3, 0.4) is 0 Å². The predicted octanol–water partition coefficient (Wildman–Crippen LogP) is 5.68. The van der Waals surface area contributed by atoms with E-state index in [1.165, 1.54) is 6.42 Å². The van der Waals surface area contributed by atoms with Gasteiger partial charge in [-0.25, -0.2) is 0 Å². The van der Waals surface area contributed by atoms with Crippen molar-refractivity contribution in [2.45, 2.75) is 89.6 Å². The summed E-state index contributed by atoms with van der Waals surface area (Å²) in [5.74, 6) is 2.85. The third-order valence-electron chi connectivity index (χ3n) is 9.95. The van der Waals surface area contributed by atoms with E-state index in [0.29, 0.717) is 29.5 Å². The van der Waals surface area contributed by atoms with Crippen LogP contribution >= 0.6 is 0 Å². The fourth-order valence-electron chi connectivity index (χ4n) is 8.07. The Balaban J connectivity index is 1.37. The number of aryl methyl sites for hydroxylation is 1. The van der Waals surface area contributed by atoms with E-state index >= 15 is 0 Å². The van der Waals surface area contributed by atoms with Crippen LogP contribution in [0.5, 0.6) is 0 Å². The SMILES string of the molecule is Cc1ccc(S(=O)(=O)O[C@@H]2CC[C@@H]3[C@@H]4CC[C@@H]5CC(=O)CC[C@]5(C)[C@@H]4CC[C@@]32C)cc1. The molecule has 4 nitrogen and oxygen atoms in total. The molecule has 4 aliphatic carbocycles. The monoisotopic (exact) mass is 444 g/mol. The lowest BCUT2D eigenvalue weighted by Crippen LogP contribution is -2.54. The van der Waals surface area contributed by atoms with Crippen LogP contribution in [0.1, 0.15) is 77.2 Å². The average Bonchev–Trinajstić information content (AvgIpc) is 3.04. The van der Waals surface area contributed by atoms with Crippen LogP contribution in [0.15, 0.2) is 29.2 Å². The Kier molecular flexibility index (Phi) is 5.17. The van der Waals surface area contributed by atoms with Gasteiger partial charge in [0.05, 0.1) is 11.0 Å². The van der Waals surface area contributed by atoms with Gasteiger partial charge in [-0.15, -0.1) is 0 Å². The fourth-order valence-corrected chi connectivity index (χ4v) is 9.27. The molecular formula is C26H36O4S. The van der Waals surface area contributed by atoms with Crippen LogP contribution in [0.4, 0.5) is 0 Å². The van der Waals surface area contributed by atoms with Crippen molar-refractivity contribution < 1.29 is 17.4 Å². The van der Waals surface area contributed by atoms with Gasteiger partial charge in [0.25, 0.3) is 10.1 Å². The van der Waals surface area contributed by atoms with Crippen LogP contribution in [0.25, 0.3) is 0 Å². The number of fused-ring (bicyclic) bond motifs is 5. The zero-order chi connectivity index (χ0) is 22.0. The van der Waals surface area contributed by atoms with Crippen LogP contribution in [-0.4, -0.2) is 20.3 Å². The van der Waals surface area contributed by atoms with Crippen LogP contribution in [-0.2, 0) is 19.1 Å². The molecule has 5 heteroatoms. The standard InChI is InChI=1S/C26H36O4S/c1-17-4-7-20(8-5-17)31(28,29)30-24-11-10-22-21-9-6-18-16-19(27)12-14-25(18,2)23(21)13-15-26(22,24)3/h4-5,7-8,18,21-24H,6,9-16H2,1-3H3/t18-,21+,22-,23-,24-,25+,26+/m1/s1. The third-order valence-corrected chi connectivity index (χ3v) is 11.3. The molecule has 31 heavy (non-hydrogen) atoms. The first-order chi connectivity index (χ1) is 14.6. The molecule has 0 unspecified atom stereocenters. The maximum absolute atomic E-state index is 13.0. The quantitative estimate of drug-likeness (QED) is 0.563. The maximum Gasteiger partial charge on any atom is 0.297 e. The molecule has 0 amide bonds. The number of benzene rings is 1. The summed E-state index contributed by atoms with van der Waals surface area (Å²) >= 11 is 0. The van der Waals surface area contributed by atoms with Gasteiger partial charge in [0.2, 0.25) is 0 Å². The first-order valence-corrected chi connectivity index (χ1v) is 13.6. The Hall–Kier alpha value is -1.20. The highest BCUT2D eigenvalue weighted by Crippen LogP contribution is 2.66. The Morgan fingerprint density at radius 2 is 1.61 bits per heavy atom. The molecule has 7 atom stereocenters. The summed E-state index contributed by atoms with van der Waals surface area (Å²) in [5, 5.41) is 0. The molecule has 0 bridgehead atoms. The molecule has 1 aromatic rings. The highest BCUT2D eigenvalue weighted by molar-refractivity contribution is 7.86. The Labute approximate surface area is 187 Å². The highest BCUT2D eigenvalue weighted by Gasteiger charge is 2.61. The zero-order valence-corrected chi connectivity index (χ0v) is 19.9. The highest BCUT2D eigenvalue weighted by atomic mass is 32.2. The number of hydrogen-bond acceptors (Lipinski definition) is 4. The fraction of sp³-hybridized carbons (Fsp3) is 0.731. The van der Waals surface area contributed by atoms with Gasteiger partial charge in [0, 0.05) is 12.8 Å². The summed E-state index contributed by atoms with van der Waals surface area (Å²) in [7, 11) is -3.75. The van der Waals surface area contributed by atoms with E-state index in [1.54, 1.807) is 12.1 Å². The van der Waals surface area contributed by atoms with Crippen molar-refractivity contribution >= 4 is 15.9 Å². The van der Waals surface area contributed by atoms with Crippen LogP contribution < -0.4 is 0 Å². The first-order valence-electron chi connectivity index (χ1n) is 12.2. The molecule has 5 rings (SSSR count). The van der Waals surface area contributed by atoms with Gasteiger partial charge >= 0.3 is 0 Å². The van der Waals surface area contributed by atoms with E-state index in [-0.39, 0.29) is 21.8 Å². The van der Waals surface area contributed by atoms with Crippen molar-refractivity contribution in [2.24, 2.45) is 34.5 Å². The lowest BCUT2D eigenvalue weighted by atomic mass is 9.45. The lowest BCUT2D eigenvalue weighted by Gasteiger charge is -2.60. The van der Waals surface area contributed by atoms with Gasteiger partial charge in [0.1, 0.15) is 5.78 Å². The van der Waals surface area contributed by atoms with Crippen LogP contribution in [0.2, 0.25) is 0 Å². The molecule has 0 radical (unpaired) electrons. The average molecular weight is 445 g/mol. The molecule has 0 saturated heterocycles. The largest absolute Gasteiger partial charge is 0.300 e. The van der Waals surface area contributed by atoms with Crippen molar-refractivity contribution in [3.05, 3.63) is 29.8 Å². The molecule has 0 spiro atoms. The third kappa shape index (κ3) is 3.42. The summed E-state index contributed by atoms with van der Waals surface area (Å²) in [5.41, 5.74) is 1.25. The second-order valence-electron chi connectivity index (χ2n) is 11.4. The normalized spacial score (nSPS) is 42.5. The van der Waals surface area contributed by atoms with Crippen molar-refractivity contribution in [3.63, 3.8) is 0 Å². The van der Waals surface area contributed by atoms with Crippen molar-refractivity contribution in [3.8, 4) is 0 Å². The molecule has 1 aromatic carbocycles. The molecule has 4 aliphatic rings. The molecule has 0 N–H and O–H groups in total. The van der Waals surface area contributed by atoms with E-state index in [2.05, 4.69) is 13.8 Å². The predicted molar refractivity (Wildman–Crippen MR) is 120 cm³/mol. The number of rotatable bonds is 3. The minimum atomic E-state index is -3.75. The molecular weight excluding hydrogens is 408 g/mol. The summed E-state index contributed by atoms with van der Waals surface area (Å²) in [6, 6.07) is 6.97. The summed E-state index contributed by atoms with van der Waals surface area (Å²) in [6.07, 6.45) is 8.75. The lowest BCUT2D eigenvalue weighted by molar-refractivity contribution is -0.140. The van der Waals surface area contributed by atoms with Gasteiger partial charge in [-0.2, -0.15) is 8.42 Å². The Morgan fingerprint density at radius 1 is 0.903 bits per heavy atom. The second-order valence-corrected chi connectivity index (χ2v) is 12.9. The van der Waals surface area contributed by atoms with Crippen molar-refractivity contribution in [1.82, 2.24) is 0 Å². The number of hydrogen-bond donors (Lipinski definition) is 0. The molecule has 4 fully saturated rings. The zero-order valence-electron chi connectivity index (χ0n) is 19.1. The molecule has 170 valence electrons. The molecule has 4 saturated carbocycles. The van der Waals surface area contributed by atoms with Gasteiger partial charge in [0.15, 0.2) is 0 Å². The van der Waals surface area contributed by atoms with Crippen LogP contribution in [0, 0.1) is 41.4 Å². The van der Waals surface area contributed by atoms with E-state index in [1.807, 2.05) is 19.1 Å². The van der Waals surface area contributed by atoms with E-state index in [4.69, 9.17) is 4.18 Å². The van der Waals surface area contributed by atoms with Crippen molar-refractivity contribution in [1.29, 1.82) is 0 Å². The first kappa shape index (κ1) is 21.6. The summed E-state index contributed by atoms with van der Waals surface area (Å²) < 4.78 is 32.0. The van der Waals surface area contributed by atoms with E-state index in [0.717, 1.165) is 56.9 Å². The number of carbonyl (C=O) groups excluding carboxylic acids is 1. The van der Waals surface area contributed by atoms with Crippen molar-refractivity contribution in [2.75, 3.05) is 0 Å². The summed E-state index contributed by atoms with van der Waals surface area (Å²) in [4.78, 5) is 12.4. The Morgan fingerprint density at radius 3 is 2.35 bits per heavy atom. The van der Waals surface area contributed by atoms with Gasteiger partial charge < -0.3 is 0 Å². The maximum atomic E-state index is 13.0. The smallest absolute Gasteiger partial charge is 0.297 e. The topological polar surface area (TPSA) is 60.4 Å². The minimum absolute atomic E-state index is 0.0768. The minimum Gasteiger partial charge on any atom is -0.300 e. The van der Waals surface area contributed by atoms with E-state index in [9.17, 15) is 13.2 Å². The summed E-state index contributed by atoms with van der Waals surface area (Å²) in [6.45, 7) is 6.69. The van der Waals surface area contributed by atoms with E-state index < -0.39 is 10.1 Å². The van der Waals surface area contributed by atoms with Gasteiger partial charge in [-0.1, -0.05) is 31.5 Å². The molecule has 0 heterocycles. The number of carbonyl (C=O) groups is 1.